The third-order valence-electron chi connectivity index (χ3n) is 6.17. The summed E-state index contributed by atoms with van der Waals surface area (Å²) in [5, 5.41) is 5.50. The van der Waals surface area contributed by atoms with Crippen molar-refractivity contribution in [3.63, 3.8) is 0 Å². The van der Waals surface area contributed by atoms with Crippen LogP contribution < -0.4 is 15.2 Å². The fraction of sp³-hybridized carbons (Fsp3) is 0.250. The summed E-state index contributed by atoms with van der Waals surface area (Å²) < 4.78 is 7.13. The zero-order valence-corrected chi connectivity index (χ0v) is 19.4. The van der Waals surface area contributed by atoms with Gasteiger partial charge in [-0.3, -0.25) is 19.8 Å². The lowest BCUT2D eigenvalue weighted by Crippen LogP contribution is -2.50. The van der Waals surface area contributed by atoms with Gasteiger partial charge in [-0.25, -0.2) is 4.98 Å². The number of methoxy groups -OCH3 is 1. The summed E-state index contributed by atoms with van der Waals surface area (Å²) in [5.74, 6) is 0.733. The van der Waals surface area contributed by atoms with Crippen LogP contribution in [0.25, 0.3) is 11.0 Å². The van der Waals surface area contributed by atoms with Gasteiger partial charge in [0, 0.05) is 31.9 Å². The highest BCUT2D eigenvalue weighted by Crippen LogP contribution is 2.25. The Kier molecular flexibility index (Phi) is 5.89. The molecule has 2 aromatic carbocycles. The van der Waals surface area contributed by atoms with Crippen LogP contribution in [-0.2, 0) is 4.79 Å². The number of hydrogen-bond acceptors (Lipinski definition) is 6. The minimum atomic E-state index is -0.715. The van der Waals surface area contributed by atoms with E-state index in [0.717, 1.165) is 17.0 Å². The van der Waals surface area contributed by atoms with Gasteiger partial charge in [-0.15, -0.1) is 0 Å². The van der Waals surface area contributed by atoms with Crippen LogP contribution in [0.3, 0.4) is 0 Å². The number of carbonyl (C=O) groups is 1. The predicted molar refractivity (Wildman–Crippen MR) is 132 cm³/mol. The first kappa shape index (κ1) is 21.9. The van der Waals surface area contributed by atoms with Gasteiger partial charge in [0.1, 0.15) is 21.8 Å². The number of fused-ring (bicyclic) bond motifs is 1. The Hall–Kier alpha value is -3.92. The van der Waals surface area contributed by atoms with Crippen LogP contribution in [0.1, 0.15) is 11.6 Å². The van der Waals surface area contributed by atoms with Gasteiger partial charge in [0.15, 0.2) is 5.65 Å². The van der Waals surface area contributed by atoms with E-state index < -0.39 is 6.04 Å². The van der Waals surface area contributed by atoms with E-state index in [1.165, 1.54) is 6.33 Å². The predicted octanol–water partition coefficient (Wildman–Crippen LogP) is 2.73. The molecule has 5 rings (SSSR count). The van der Waals surface area contributed by atoms with Crippen LogP contribution in [0, 0.1) is 4.64 Å². The molecule has 4 aromatic rings. The van der Waals surface area contributed by atoms with Crippen LogP contribution in [0.5, 0.6) is 5.75 Å². The van der Waals surface area contributed by atoms with Crippen molar-refractivity contribution in [2.24, 2.45) is 0 Å². The molecule has 34 heavy (non-hydrogen) atoms. The number of ether oxygens (including phenoxy) is 1. The third-order valence-corrected chi connectivity index (χ3v) is 6.59. The van der Waals surface area contributed by atoms with Gasteiger partial charge in [-0.05, 0) is 29.8 Å². The van der Waals surface area contributed by atoms with Crippen molar-refractivity contribution in [3.05, 3.63) is 81.5 Å². The highest BCUT2D eigenvalue weighted by atomic mass is 32.1. The van der Waals surface area contributed by atoms with Gasteiger partial charge >= 0.3 is 0 Å². The summed E-state index contributed by atoms with van der Waals surface area (Å²) in [6, 6.07) is 16.7. The number of carbonyl (C=O) groups excluding carboxylic acids is 1. The zero-order valence-electron chi connectivity index (χ0n) is 18.6. The lowest BCUT2D eigenvalue weighted by Gasteiger charge is -2.38. The number of hydrogen-bond donors (Lipinski definition) is 2. The maximum Gasteiger partial charge on any atom is 0.276 e. The Morgan fingerprint density at radius 1 is 1.03 bits per heavy atom. The molecule has 0 bridgehead atoms. The molecule has 1 aliphatic heterocycles. The number of piperazine rings is 1. The van der Waals surface area contributed by atoms with Gasteiger partial charge in [-0.1, -0.05) is 42.5 Å². The topological polar surface area (TPSA) is 99.2 Å². The molecule has 9 nitrogen and oxygen atoms in total. The van der Waals surface area contributed by atoms with E-state index in [1.807, 2.05) is 59.5 Å². The molecular weight excluding hydrogens is 452 g/mol. The van der Waals surface area contributed by atoms with E-state index >= 15 is 0 Å². The fourth-order valence-corrected chi connectivity index (χ4v) is 4.68. The highest BCUT2D eigenvalue weighted by molar-refractivity contribution is 7.71. The monoisotopic (exact) mass is 476 g/mol. The van der Waals surface area contributed by atoms with Crippen molar-refractivity contribution in [2.75, 3.05) is 38.2 Å². The van der Waals surface area contributed by atoms with Crippen molar-refractivity contribution >= 4 is 34.8 Å². The number of rotatable bonds is 5. The molecule has 1 aliphatic rings. The molecule has 2 aromatic heterocycles. The lowest BCUT2D eigenvalue weighted by molar-refractivity contribution is -0.133. The van der Waals surface area contributed by atoms with Gasteiger partial charge in [0.2, 0.25) is 5.91 Å². The molecule has 10 heteroatoms. The number of nitrogens with one attached hydrogen (secondary N) is 2. The second kappa shape index (κ2) is 9.14. The van der Waals surface area contributed by atoms with Crippen LogP contribution in [0.2, 0.25) is 0 Å². The summed E-state index contributed by atoms with van der Waals surface area (Å²) >= 11 is 5.63. The second-order valence-electron chi connectivity index (χ2n) is 8.08. The normalized spacial score (nSPS) is 14.9. The molecule has 0 spiro atoms. The van der Waals surface area contributed by atoms with E-state index in [2.05, 4.69) is 20.1 Å². The fourth-order valence-electron chi connectivity index (χ4n) is 4.34. The van der Waals surface area contributed by atoms with Crippen LogP contribution in [-0.4, -0.2) is 63.8 Å². The number of nitrogens with zero attached hydrogens (tertiary/aromatic N) is 4. The van der Waals surface area contributed by atoms with Crippen molar-refractivity contribution in [1.82, 2.24) is 24.6 Å². The van der Waals surface area contributed by atoms with Gasteiger partial charge in [0.05, 0.1) is 13.4 Å². The Morgan fingerprint density at radius 2 is 1.74 bits per heavy atom. The Balaban J connectivity index is 1.43. The third kappa shape index (κ3) is 3.96. The highest BCUT2D eigenvalue weighted by Gasteiger charge is 2.31. The number of benzene rings is 2. The smallest absolute Gasteiger partial charge is 0.276 e. The van der Waals surface area contributed by atoms with E-state index in [1.54, 1.807) is 11.7 Å². The molecule has 0 aliphatic carbocycles. The molecular formula is C24H24N6O3S. The van der Waals surface area contributed by atoms with Crippen LogP contribution in [0.4, 0.5) is 5.69 Å². The Bertz CT molecular complexity index is 1420. The maximum absolute atomic E-state index is 13.8. The van der Waals surface area contributed by atoms with Gasteiger partial charge < -0.3 is 19.1 Å². The van der Waals surface area contributed by atoms with Crippen molar-refractivity contribution in [1.29, 1.82) is 0 Å². The molecule has 0 saturated carbocycles. The summed E-state index contributed by atoms with van der Waals surface area (Å²) in [7, 11) is 1.65. The average Bonchev–Trinajstić information content (AvgIpc) is 3.27. The van der Waals surface area contributed by atoms with Crippen molar-refractivity contribution < 1.29 is 9.53 Å². The molecule has 1 saturated heterocycles. The SMILES string of the molecule is COc1ccc(N2CCN(C(=O)C(c3ccccc3)n3cnc4[nH][nH]c(=O)c4c3=S)CC2)cc1. The van der Waals surface area contributed by atoms with Gasteiger partial charge in [-0.2, -0.15) is 0 Å². The number of anilines is 1. The summed E-state index contributed by atoms with van der Waals surface area (Å²) in [4.78, 5) is 34.5. The quantitative estimate of drug-likeness (QED) is 0.430. The second-order valence-corrected chi connectivity index (χ2v) is 8.47. The summed E-state index contributed by atoms with van der Waals surface area (Å²) in [5.41, 5.74) is 1.90. The number of aromatic amines is 2. The van der Waals surface area contributed by atoms with E-state index in [4.69, 9.17) is 17.0 Å². The molecule has 1 atom stereocenters. The Labute approximate surface area is 200 Å². The number of H-pyrrole nitrogens is 2. The molecule has 2 N–H and O–H groups in total. The lowest BCUT2D eigenvalue weighted by atomic mass is 10.0. The van der Waals surface area contributed by atoms with Crippen LogP contribution >= 0.6 is 12.2 Å². The molecule has 174 valence electrons. The summed E-state index contributed by atoms with van der Waals surface area (Å²) in [6.45, 7) is 2.56. The minimum Gasteiger partial charge on any atom is -0.497 e. The number of amides is 1. The summed E-state index contributed by atoms with van der Waals surface area (Å²) in [6.07, 6.45) is 1.53. The minimum absolute atomic E-state index is 0.0789. The first-order chi connectivity index (χ1) is 16.6. The van der Waals surface area contributed by atoms with Crippen molar-refractivity contribution in [2.45, 2.75) is 6.04 Å². The van der Waals surface area contributed by atoms with E-state index in [-0.39, 0.29) is 21.5 Å². The van der Waals surface area contributed by atoms with Gasteiger partial charge in [0.25, 0.3) is 5.56 Å². The largest absolute Gasteiger partial charge is 0.497 e. The molecule has 1 amide bonds. The maximum atomic E-state index is 13.8. The number of aromatic nitrogens is 4. The standard InChI is InChI=1S/C24H24N6O3S/c1-33-18-9-7-17(8-10-18)28-11-13-29(14-12-28)23(32)20(16-5-3-2-4-6-16)30-15-25-21-19(24(30)34)22(31)27-26-21/h2-10,15,20H,11-14H2,1H3,(H2,26,27,31). The molecule has 1 fully saturated rings. The molecule has 1 unspecified atom stereocenters. The van der Waals surface area contributed by atoms with Crippen molar-refractivity contribution in [3.8, 4) is 5.75 Å². The first-order valence-electron chi connectivity index (χ1n) is 11.0. The van der Waals surface area contributed by atoms with E-state index in [0.29, 0.717) is 31.8 Å². The zero-order chi connectivity index (χ0) is 23.7. The Morgan fingerprint density at radius 3 is 2.41 bits per heavy atom. The average molecular weight is 477 g/mol. The first-order valence-corrected chi connectivity index (χ1v) is 11.4. The molecule has 0 radical (unpaired) electrons. The van der Waals surface area contributed by atoms with E-state index in [9.17, 15) is 9.59 Å². The van der Waals surface area contributed by atoms with Crippen LogP contribution in [0.15, 0.2) is 65.7 Å². The molecule has 3 heterocycles.